The lowest BCUT2D eigenvalue weighted by Crippen LogP contribution is -2.52. The molecule has 10 heteroatoms. The van der Waals surface area contributed by atoms with Crippen LogP contribution in [0.2, 0.25) is 10.0 Å². The van der Waals surface area contributed by atoms with Gasteiger partial charge in [0.05, 0.1) is 15.6 Å². The number of fused-ring (bicyclic) bond motifs is 2. The molecule has 0 spiro atoms. The fourth-order valence-electron chi connectivity index (χ4n) is 4.69. The average molecular weight is 493 g/mol. The molecule has 1 saturated heterocycles. The molecule has 0 saturated carbocycles. The van der Waals surface area contributed by atoms with Crippen LogP contribution in [0.25, 0.3) is 0 Å². The van der Waals surface area contributed by atoms with Crippen LogP contribution in [0.5, 0.6) is 11.6 Å². The van der Waals surface area contributed by atoms with Gasteiger partial charge >= 0.3 is 12.1 Å². The molecule has 2 aliphatic heterocycles. The van der Waals surface area contributed by atoms with E-state index in [2.05, 4.69) is 4.98 Å². The van der Waals surface area contributed by atoms with Gasteiger partial charge in [-0.2, -0.15) is 0 Å². The Hall–Kier alpha value is -2.97. The summed E-state index contributed by atoms with van der Waals surface area (Å²) in [5.41, 5.74) is 0.233. The van der Waals surface area contributed by atoms with Crippen LogP contribution in [0.15, 0.2) is 42.1 Å². The van der Waals surface area contributed by atoms with Crippen molar-refractivity contribution in [3.05, 3.63) is 63.3 Å². The van der Waals surface area contributed by atoms with Crippen LogP contribution in [0.1, 0.15) is 30.4 Å². The van der Waals surface area contributed by atoms with Gasteiger partial charge in [0.25, 0.3) is 0 Å². The lowest BCUT2D eigenvalue weighted by molar-refractivity contribution is -0.134. The molecule has 1 amide bonds. The first-order chi connectivity index (χ1) is 15.7. The number of ether oxygens (including phenoxy) is 2. The number of aliphatic carboxylic acids is 1. The molecule has 2 N–H and O–H groups in total. The quantitative estimate of drug-likeness (QED) is 0.528. The van der Waals surface area contributed by atoms with Crippen molar-refractivity contribution in [2.24, 2.45) is 0 Å². The SMILES string of the molecule is Cc1cc(Cl)c(OCCOc2ccc(C34CCC(CC=C3C(=O)O)N4C(=O)O)cn2)c(Cl)c1. The minimum Gasteiger partial charge on any atom is -0.487 e. The number of hydrogen-bond acceptors (Lipinski definition) is 5. The van der Waals surface area contributed by atoms with Crippen LogP contribution in [0, 0.1) is 6.92 Å². The highest BCUT2D eigenvalue weighted by Crippen LogP contribution is 2.51. The number of pyridine rings is 1. The summed E-state index contributed by atoms with van der Waals surface area (Å²) in [7, 11) is 0. The summed E-state index contributed by atoms with van der Waals surface area (Å²) in [4.78, 5) is 29.5. The minimum absolute atomic E-state index is 0.0642. The summed E-state index contributed by atoms with van der Waals surface area (Å²) in [5.74, 6) is -0.454. The lowest BCUT2D eigenvalue weighted by atomic mass is 9.79. The van der Waals surface area contributed by atoms with Crippen molar-refractivity contribution >= 4 is 35.3 Å². The first-order valence-electron chi connectivity index (χ1n) is 10.4. The van der Waals surface area contributed by atoms with Crippen molar-refractivity contribution in [2.45, 2.75) is 37.8 Å². The molecule has 174 valence electrons. The molecule has 0 aliphatic carbocycles. The number of carbonyl (C=O) groups is 2. The Kier molecular flexibility index (Phi) is 6.41. The second-order valence-corrected chi connectivity index (χ2v) is 8.82. The van der Waals surface area contributed by atoms with E-state index in [1.807, 2.05) is 6.92 Å². The predicted octanol–water partition coefficient (Wildman–Crippen LogP) is 4.91. The van der Waals surface area contributed by atoms with E-state index in [1.165, 1.54) is 11.1 Å². The van der Waals surface area contributed by atoms with Crippen molar-refractivity contribution < 1.29 is 29.3 Å². The van der Waals surface area contributed by atoms with Gasteiger partial charge in [-0.25, -0.2) is 14.6 Å². The lowest BCUT2D eigenvalue weighted by Gasteiger charge is -2.42. The molecule has 1 fully saturated rings. The molecule has 1 aromatic carbocycles. The molecule has 2 atom stereocenters. The third-order valence-corrected chi connectivity index (χ3v) is 6.59. The molecule has 8 nitrogen and oxygen atoms in total. The van der Waals surface area contributed by atoms with E-state index in [9.17, 15) is 19.8 Å². The Morgan fingerprint density at radius 2 is 1.88 bits per heavy atom. The fraction of sp³-hybridized carbons (Fsp3) is 0.348. The second kappa shape index (κ2) is 9.11. The third-order valence-electron chi connectivity index (χ3n) is 6.03. The summed E-state index contributed by atoms with van der Waals surface area (Å²) in [6.07, 6.45) is 3.32. The Morgan fingerprint density at radius 3 is 2.48 bits per heavy atom. The van der Waals surface area contributed by atoms with Gasteiger partial charge in [0, 0.05) is 23.9 Å². The summed E-state index contributed by atoms with van der Waals surface area (Å²) in [6, 6.07) is 6.51. The summed E-state index contributed by atoms with van der Waals surface area (Å²) in [5, 5.41) is 20.4. The molecule has 4 rings (SSSR count). The smallest absolute Gasteiger partial charge is 0.408 e. The molecule has 0 radical (unpaired) electrons. The number of benzene rings is 1. The van der Waals surface area contributed by atoms with Crippen LogP contribution in [0.3, 0.4) is 0 Å². The van der Waals surface area contributed by atoms with Crippen LogP contribution in [-0.4, -0.2) is 51.4 Å². The minimum atomic E-state index is -1.26. The maximum absolute atomic E-state index is 12.0. The normalized spacial score (nSPS) is 21.5. The number of amides is 1. The topological polar surface area (TPSA) is 109 Å². The van der Waals surface area contributed by atoms with E-state index in [-0.39, 0.29) is 24.8 Å². The van der Waals surface area contributed by atoms with Gasteiger partial charge < -0.3 is 19.7 Å². The molecule has 1 aromatic heterocycles. The van der Waals surface area contributed by atoms with Gasteiger partial charge in [-0.05, 0) is 49.9 Å². The highest BCUT2D eigenvalue weighted by atomic mass is 35.5. The number of rotatable bonds is 7. The standard InChI is InChI=1S/C23H22Cl2N2O6/c1-13-10-17(24)20(18(25)11-13)33-9-8-32-19-5-2-14(12-26-19)23-7-6-15(27(23)22(30)31)3-4-16(23)21(28)29/h2,4-5,10-12,15H,3,6-9H2,1H3,(H,28,29)(H,30,31). The fourth-order valence-corrected chi connectivity index (χ4v) is 5.40. The van der Waals surface area contributed by atoms with Gasteiger partial charge in [-0.3, -0.25) is 4.90 Å². The van der Waals surface area contributed by atoms with E-state index in [0.717, 1.165) is 5.56 Å². The van der Waals surface area contributed by atoms with Gasteiger partial charge in [-0.15, -0.1) is 0 Å². The molecule has 2 unspecified atom stereocenters. The van der Waals surface area contributed by atoms with Crippen LogP contribution in [-0.2, 0) is 10.3 Å². The number of halogens is 2. The molecule has 3 heterocycles. The van der Waals surface area contributed by atoms with E-state index < -0.39 is 17.6 Å². The number of carboxylic acids is 1. The maximum atomic E-state index is 12.0. The van der Waals surface area contributed by atoms with Crippen molar-refractivity contribution in [1.82, 2.24) is 9.88 Å². The number of nitrogens with zero attached hydrogens (tertiary/aromatic N) is 2. The molecule has 33 heavy (non-hydrogen) atoms. The van der Waals surface area contributed by atoms with E-state index in [1.54, 1.807) is 30.3 Å². The summed E-state index contributed by atoms with van der Waals surface area (Å²) >= 11 is 12.3. The molecule has 2 bridgehead atoms. The first kappa shape index (κ1) is 23.2. The van der Waals surface area contributed by atoms with E-state index >= 15 is 0 Å². The Morgan fingerprint density at radius 1 is 1.18 bits per heavy atom. The molecule has 2 aliphatic rings. The summed E-state index contributed by atoms with van der Waals surface area (Å²) < 4.78 is 11.2. The third kappa shape index (κ3) is 4.20. The Bertz CT molecular complexity index is 1100. The van der Waals surface area contributed by atoms with Crippen LogP contribution < -0.4 is 9.47 Å². The average Bonchev–Trinajstić information content (AvgIpc) is 3.03. The highest BCUT2D eigenvalue weighted by Gasteiger charge is 2.56. The van der Waals surface area contributed by atoms with Crippen LogP contribution in [0.4, 0.5) is 4.79 Å². The number of aromatic nitrogens is 1. The van der Waals surface area contributed by atoms with Crippen molar-refractivity contribution in [2.75, 3.05) is 13.2 Å². The van der Waals surface area contributed by atoms with Crippen LogP contribution >= 0.6 is 23.2 Å². The summed E-state index contributed by atoms with van der Waals surface area (Å²) in [6.45, 7) is 2.22. The highest BCUT2D eigenvalue weighted by molar-refractivity contribution is 6.37. The van der Waals surface area contributed by atoms with Gasteiger partial charge in [-0.1, -0.05) is 29.3 Å². The number of hydrogen-bond donors (Lipinski definition) is 2. The van der Waals surface area contributed by atoms with Gasteiger partial charge in [0.15, 0.2) is 5.75 Å². The molecule has 2 aromatic rings. The van der Waals surface area contributed by atoms with Gasteiger partial charge in [0.1, 0.15) is 18.8 Å². The maximum Gasteiger partial charge on any atom is 0.408 e. The second-order valence-electron chi connectivity index (χ2n) is 8.00. The zero-order valence-corrected chi connectivity index (χ0v) is 19.3. The predicted molar refractivity (Wildman–Crippen MR) is 121 cm³/mol. The van der Waals surface area contributed by atoms with Gasteiger partial charge in [0.2, 0.25) is 5.88 Å². The van der Waals surface area contributed by atoms with E-state index in [0.29, 0.717) is 46.5 Å². The Labute approximate surface area is 200 Å². The molecular formula is C23H22Cl2N2O6. The zero-order valence-electron chi connectivity index (χ0n) is 17.8. The van der Waals surface area contributed by atoms with Crippen molar-refractivity contribution in [3.8, 4) is 11.6 Å². The first-order valence-corrected chi connectivity index (χ1v) is 11.1. The number of aryl methyl sites for hydroxylation is 1. The molecular weight excluding hydrogens is 471 g/mol. The zero-order chi connectivity index (χ0) is 23.8. The Balaban J connectivity index is 1.47. The van der Waals surface area contributed by atoms with Crippen molar-refractivity contribution in [3.63, 3.8) is 0 Å². The number of carboxylic acid groups (broad SMARTS) is 2. The monoisotopic (exact) mass is 492 g/mol. The largest absolute Gasteiger partial charge is 0.487 e. The van der Waals surface area contributed by atoms with Crippen molar-refractivity contribution in [1.29, 1.82) is 0 Å². The van der Waals surface area contributed by atoms with E-state index in [4.69, 9.17) is 32.7 Å².